The molecular weight excluding hydrogens is 132 g/mol. The summed E-state index contributed by atoms with van der Waals surface area (Å²) in [5.41, 5.74) is 0. The monoisotopic (exact) mass is 147 g/mol. The van der Waals surface area contributed by atoms with E-state index in [1.807, 2.05) is 0 Å². The van der Waals surface area contributed by atoms with Gasteiger partial charge in [0.15, 0.2) is 0 Å². The Morgan fingerprint density at radius 1 is 0.909 bits per heavy atom. The highest BCUT2D eigenvalue weighted by molar-refractivity contribution is 4.96. The van der Waals surface area contributed by atoms with Gasteiger partial charge in [0.05, 0.1) is 0 Å². The maximum atomic E-state index is 3.24. The Labute approximate surface area is 69.3 Å². The van der Waals surface area contributed by atoms with E-state index in [0.29, 0.717) is 0 Å². The second-order valence-corrected chi connectivity index (χ2v) is 2.72. The number of rotatable bonds is 0. The third-order valence-corrected chi connectivity index (χ3v) is 1.70. The number of hydrogen-bond donors (Lipinski definition) is 0. The Hall–Kier alpha value is -0.780. The van der Waals surface area contributed by atoms with Crippen molar-refractivity contribution in [3.8, 4) is 0 Å². The van der Waals surface area contributed by atoms with Gasteiger partial charge in [0.2, 0.25) is 0 Å². The predicted octanol–water partition coefficient (Wildman–Crippen LogP) is 3.42. The summed E-state index contributed by atoms with van der Waals surface area (Å²) in [5.74, 6) is 0. The summed E-state index contributed by atoms with van der Waals surface area (Å²) >= 11 is 0. The molecule has 59 valence electrons. The van der Waals surface area contributed by atoms with E-state index in [-0.39, 0.29) is 0 Å². The highest BCUT2D eigenvalue weighted by Crippen LogP contribution is 2.01. The summed E-state index contributed by atoms with van der Waals surface area (Å²) < 4.78 is 0. The zero-order valence-electron chi connectivity index (χ0n) is 6.92. The first-order valence-electron chi connectivity index (χ1n) is 4.35. The maximum Gasteiger partial charge on any atom is -0.00978 e. The van der Waals surface area contributed by atoms with Crippen LogP contribution in [0.2, 0.25) is 0 Å². The topological polar surface area (TPSA) is 0 Å². The largest absolute Gasteiger partial charge is 0.0882 e. The van der Waals surface area contributed by atoms with Crippen molar-refractivity contribution < 1.29 is 0 Å². The minimum absolute atomic E-state index is 0.980. The first-order chi connectivity index (χ1) is 5.50. The smallest absolute Gasteiger partial charge is 0.00978 e. The van der Waals surface area contributed by atoms with Crippen LogP contribution in [0.3, 0.4) is 0 Å². The van der Waals surface area contributed by atoms with Gasteiger partial charge in [-0.1, -0.05) is 30.4 Å². The first-order valence-corrected chi connectivity index (χ1v) is 4.35. The van der Waals surface area contributed by atoms with Crippen LogP contribution in [0, 0.1) is 6.08 Å². The number of allylic oxidation sites excluding steroid dienone is 6. The van der Waals surface area contributed by atoms with Crippen LogP contribution in [0.25, 0.3) is 0 Å². The lowest BCUT2D eigenvalue weighted by atomic mass is 10.2. The molecule has 0 saturated heterocycles. The Balaban J connectivity index is 2.34. The number of hydrogen-bond acceptors (Lipinski definition) is 0. The molecule has 0 aliphatic heterocycles. The van der Waals surface area contributed by atoms with Crippen molar-refractivity contribution in [1.29, 1.82) is 0 Å². The molecule has 0 aromatic carbocycles. The van der Waals surface area contributed by atoms with Crippen LogP contribution in [0.1, 0.15) is 32.1 Å². The summed E-state index contributed by atoms with van der Waals surface area (Å²) in [6, 6.07) is 0. The van der Waals surface area contributed by atoms with E-state index in [0.717, 1.165) is 12.8 Å². The van der Waals surface area contributed by atoms with Crippen LogP contribution >= 0.6 is 0 Å². The highest BCUT2D eigenvalue weighted by Gasteiger charge is 1.82. The highest BCUT2D eigenvalue weighted by atomic mass is 13.9. The SMILES string of the molecule is [C]1=C\CCC/C=C\C/C=C/C/1. The van der Waals surface area contributed by atoms with E-state index in [1.165, 1.54) is 19.3 Å². The van der Waals surface area contributed by atoms with Crippen LogP contribution in [-0.4, -0.2) is 0 Å². The molecule has 1 radical (unpaired) electrons. The van der Waals surface area contributed by atoms with Crippen molar-refractivity contribution in [2.75, 3.05) is 0 Å². The van der Waals surface area contributed by atoms with E-state index in [2.05, 4.69) is 36.5 Å². The van der Waals surface area contributed by atoms with Crippen LogP contribution in [0.5, 0.6) is 0 Å². The molecule has 0 atom stereocenters. The van der Waals surface area contributed by atoms with Crippen molar-refractivity contribution in [2.45, 2.75) is 32.1 Å². The van der Waals surface area contributed by atoms with Crippen molar-refractivity contribution in [2.24, 2.45) is 0 Å². The van der Waals surface area contributed by atoms with Gasteiger partial charge in [0.25, 0.3) is 0 Å². The second kappa shape index (κ2) is 5.96. The molecule has 1 aliphatic rings. The molecule has 0 heterocycles. The average Bonchev–Trinajstić information content (AvgIpc) is 2.08. The quantitative estimate of drug-likeness (QED) is 0.460. The molecule has 0 aromatic rings. The fourth-order valence-corrected chi connectivity index (χ4v) is 1.06. The van der Waals surface area contributed by atoms with Crippen molar-refractivity contribution >= 4 is 0 Å². The third-order valence-electron chi connectivity index (χ3n) is 1.70. The lowest BCUT2D eigenvalue weighted by molar-refractivity contribution is 0.863. The molecule has 0 nitrogen and oxygen atoms in total. The van der Waals surface area contributed by atoms with Gasteiger partial charge in [-0.25, -0.2) is 0 Å². The lowest BCUT2D eigenvalue weighted by Gasteiger charge is -1.87. The Morgan fingerprint density at radius 3 is 2.82 bits per heavy atom. The van der Waals surface area contributed by atoms with Gasteiger partial charge in [-0.2, -0.15) is 0 Å². The predicted molar refractivity (Wildman–Crippen MR) is 49.2 cm³/mol. The normalized spacial score (nSPS) is 28.4. The molecule has 0 saturated carbocycles. The Kier molecular flexibility index (Phi) is 4.51. The maximum absolute atomic E-state index is 3.24. The molecular formula is C11H15. The molecule has 1 rings (SSSR count). The molecule has 0 fully saturated rings. The zero-order valence-corrected chi connectivity index (χ0v) is 6.92. The van der Waals surface area contributed by atoms with E-state index in [9.17, 15) is 0 Å². The fourth-order valence-electron chi connectivity index (χ4n) is 1.06. The summed E-state index contributed by atoms with van der Waals surface area (Å²) in [7, 11) is 0. The van der Waals surface area contributed by atoms with Gasteiger partial charge < -0.3 is 0 Å². The summed E-state index contributed by atoms with van der Waals surface area (Å²) in [6.45, 7) is 0. The van der Waals surface area contributed by atoms with E-state index in [4.69, 9.17) is 0 Å². The third kappa shape index (κ3) is 4.60. The molecule has 0 bridgehead atoms. The Bertz CT molecular complexity index is 143. The minimum Gasteiger partial charge on any atom is -0.0882 e. The molecule has 0 amide bonds. The molecule has 0 unspecified atom stereocenters. The summed E-state index contributed by atoms with van der Waals surface area (Å²) in [4.78, 5) is 0. The van der Waals surface area contributed by atoms with Gasteiger partial charge in [-0.05, 0) is 38.2 Å². The van der Waals surface area contributed by atoms with Crippen molar-refractivity contribution in [3.63, 3.8) is 0 Å². The zero-order chi connectivity index (χ0) is 7.78. The van der Waals surface area contributed by atoms with Gasteiger partial charge in [0.1, 0.15) is 0 Å². The molecule has 1 aliphatic carbocycles. The molecule has 11 heavy (non-hydrogen) atoms. The minimum atomic E-state index is 0.980. The lowest BCUT2D eigenvalue weighted by Crippen LogP contribution is -1.68. The summed E-state index contributed by atoms with van der Waals surface area (Å²) in [6.07, 6.45) is 20.0. The molecule has 0 aromatic heterocycles. The van der Waals surface area contributed by atoms with Crippen molar-refractivity contribution in [3.05, 3.63) is 36.5 Å². The van der Waals surface area contributed by atoms with E-state index in [1.54, 1.807) is 0 Å². The summed E-state index contributed by atoms with van der Waals surface area (Å²) in [5, 5.41) is 0. The molecule has 0 spiro atoms. The average molecular weight is 147 g/mol. The fraction of sp³-hybridized carbons (Fsp3) is 0.455. The second-order valence-electron chi connectivity index (χ2n) is 2.72. The van der Waals surface area contributed by atoms with Gasteiger partial charge in [0, 0.05) is 0 Å². The van der Waals surface area contributed by atoms with Gasteiger partial charge in [-0.15, -0.1) is 0 Å². The van der Waals surface area contributed by atoms with Crippen LogP contribution in [-0.2, 0) is 0 Å². The van der Waals surface area contributed by atoms with E-state index >= 15 is 0 Å². The van der Waals surface area contributed by atoms with Crippen LogP contribution in [0.4, 0.5) is 0 Å². The standard InChI is InChI=1S/C11H15/c1-2-4-6-8-10-11-9-7-5-3-1/h1-2,5,7,10H,3-4,6,8-9H2/b2-1-,7-5+,11-10?. The van der Waals surface area contributed by atoms with Gasteiger partial charge >= 0.3 is 0 Å². The van der Waals surface area contributed by atoms with Crippen molar-refractivity contribution in [1.82, 2.24) is 0 Å². The first kappa shape index (κ1) is 8.32. The molecule has 0 N–H and O–H groups in total. The Morgan fingerprint density at radius 2 is 1.82 bits per heavy atom. The van der Waals surface area contributed by atoms with Crippen LogP contribution < -0.4 is 0 Å². The van der Waals surface area contributed by atoms with Crippen LogP contribution in [0.15, 0.2) is 30.4 Å². The van der Waals surface area contributed by atoms with E-state index < -0.39 is 0 Å². The van der Waals surface area contributed by atoms with Gasteiger partial charge in [-0.3, -0.25) is 0 Å². The molecule has 0 heteroatoms.